The molecule has 1 aromatic carbocycles. The van der Waals surface area contributed by atoms with E-state index in [1.54, 1.807) is 19.3 Å². The van der Waals surface area contributed by atoms with E-state index in [9.17, 15) is 9.59 Å². The Kier molecular flexibility index (Phi) is 5.60. The molecule has 0 saturated carbocycles. The van der Waals surface area contributed by atoms with Gasteiger partial charge in [0, 0.05) is 26.9 Å². The fourth-order valence-electron chi connectivity index (χ4n) is 4.83. The summed E-state index contributed by atoms with van der Waals surface area (Å²) in [5.74, 6) is 1.21. The zero-order valence-electron chi connectivity index (χ0n) is 20.0. The number of ether oxygens (including phenoxy) is 3. The smallest absolute Gasteiger partial charge is 0.437 e. The number of hydrogen-bond acceptors (Lipinski definition) is 5. The number of likely N-dealkylation sites (N-methyl/N-ethyl adjacent to an activating group) is 2. The van der Waals surface area contributed by atoms with E-state index in [1.807, 2.05) is 81.1 Å². The number of rotatable bonds is 3. The summed E-state index contributed by atoms with van der Waals surface area (Å²) in [4.78, 5) is 32.4. The van der Waals surface area contributed by atoms with Crippen LogP contribution in [-0.2, 0) is 20.7 Å². The van der Waals surface area contributed by atoms with E-state index in [2.05, 4.69) is 4.99 Å². The second-order valence-electron chi connectivity index (χ2n) is 9.86. The van der Waals surface area contributed by atoms with Gasteiger partial charge in [-0.1, -0.05) is 12.1 Å². The average molecular weight is 454 g/mol. The summed E-state index contributed by atoms with van der Waals surface area (Å²) in [5, 5.41) is 0. The minimum absolute atomic E-state index is 0.0561. The SMILES string of the molecule is COc1ccc(C[C@@]23CC4(C=CC(=O)C=C4)OC2N(C)/C(=N\C(=O)OC(C)(C)C)N3C)cc1. The zero-order valence-corrected chi connectivity index (χ0v) is 20.0. The van der Waals surface area contributed by atoms with E-state index in [1.165, 1.54) is 0 Å². The molecule has 0 bridgehead atoms. The Morgan fingerprint density at radius 2 is 1.82 bits per heavy atom. The topological polar surface area (TPSA) is 80.7 Å². The molecule has 2 fully saturated rings. The fourth-order valence-corrected chi connectivity index (χ4v) is 4.83. The van der Waals surface area contributed by atoms with Crippen LogP contribution in [0.3, 0.4) is 0 Å². The van der Waals surface area contributed by atoms with E-state index in [4.69, 9.17) is 14.2 Å². The molecule has 3 aliphatic rings. The van der Waals surface area contributed by atoms with Crippen LogP contribution in [0.2, 0.25) is 0 Å². The van der Waals surface area contributed by atoms with Crippen molar-refractivity contribution in [1.29, 1.82) is 0 Å². The lowest BCUT2D eigenvalue weighted by atomic mass is 9.80. The molecule has 0 radical (unpaired) electrons. The number of nitrogens with zero attached hydrogens (tertiary/aromatic N) is 3. The average Bonchev–Trinajstić information content (AvgIpc) is 3.15. The van der Waals surface area contributed by atoms with Gasteiger partial charge in [0.15, 0.2) is 12.0 Å². The minimum Gasteiger partial charge on any atom is -0.497 e. The van der Waals surface area contributed by atoms with Crippen molar-refractivity contribution < 1.29 is 23.8 Å². The van der Waals surface area contributed by atoms with Gasteiger partial charge in [0.2, 0.25) is 5.96 Å². The van der Waals surface area contributed by atoms with Crippen LogP contribution in [0.5, 0.6) is 5.75 Å². The lowest BCUT2D eigenvalue weighted by Crippen LogP contribution is -2.49. The van der Waals surface area contributed by atoms with Crippen LogP contribution >= 0.6 is 0 Å². The zero-order chi connectivity index (χ0) is 24.0. The van der Waals surface area contributed by atoms with Gasteiger partial charge in [-0.3, -0.25) is 4.79 Å². The van der Waals surface area contributed by atoms with E-state index in [0.29, 0.717) is 18.8 Å². The molecule has 2 saturated heterocycles. The summed E-state index contributed by atoms with van der Waals surface area (Å²) in [5.41, 5.74) is -0.775. The van der Waals surface area contributed by atoms with E-state index in [-0.39, 0.29) is 5.78 Å². The number of allylic oxidation sites excluding steroid dienone is 2. The number of benzene rings is 1. The van der Waals surface area contributed by atoms with Crippen LogP contribution < -0.4 is 4.74 Å². The predicted octanol–water partition coefficient (Wildman–Crippen LogP) is 3.33. The van der Waals surface area contributed by atoms with Crippen molar-refractivity contribution in [3.05, 3.63) is 54.1 Å². The Morgan fingerprint density at radius 3 is 2.39 bits per heavy atom. The highest BCUT2D eigenvalue weighted by molar-refractivity contribution is 6.00. The van der Waals surface area contributed by atoms with Gasteiger partial charge in [-0.05, 0) is 62.8 Å². The largest absolute Gasteiger partial charge is 0.497 e. The van der Waals surface area contributed by atoms with Gasteiger partial charge in [0.25, 0.3) is 0 Å². The van der Waals surface area contributed by atoms with Crippen molar-refractivity contribution in [3.63, 3.8) is 0 Å². The summed E-state index contributed by atoms with van der Waals surface area (Å²) in [6, 6.07) is 7.92. The van der Waals surface area contributed by atoms with Crippen LogP contribution in [0, 0.1) is 0 Å². The molecule has 4 rings (SSSR count). The number of hydrogen-bond donors (Lipinski definition) is 0. The van der Waals surface area contributed by atoms with Crippen molar-refractivity contribution in [1.82, 2.24) is 9.80 Å². The number of ketones is 1. The molecule has 8 nitrogen and oxygen atoms in total. The summed E-state index contributed by atoms with van der Waals surface area (Å²) >= 11 is 0. The van der Waals surface area contributed by atoms with Crippen LogP contribution in [0.4, 0.5) is 4.79 Å². The first kappa shape index (κ1) is 23.0. The molecule has 33 heavy (non-hydrogen) atoms. The molecule has 8 heteroatoms. The van der Waals surface area contributed by atoms with Gasteiger partial charge >= 0.3 is 6.09 Å². The molecule has 1 amide bonds. The summed E-state index contributed by atoms with van der Waals surface area (Å²) in [6.45, 7) is 5.43. The lowest BCUT2D eigenvalue weighted by Gasteiger charge is -2.35. The number of carbonyl (C=O) groups excluding carboxylic acids is 2. The predicted molar refractivity (Wildman–Crippen MR) is 124 cm³/mol. The highest BCUT2D eigenvalue weighted by Crippen LogP contribution is 2.50. The molecule has 1 spiro atoms. The van der Waals surface area contributed by atoms with Crippen molar-refractivity contribution in [2.24, 2.45) is 4.99 Å². The van der Waals surface area contributed by atoms with E-state index < -0.39 is 29.1 Å². The van der Waals surface area contributed by atoms with Crippen molar-refractivity contribution in [2.45, 2.75) is 56.6 Å². The summed E-state index contributed by atoms with van der Waals surface area (Å²) in [6.07, 6.45) is 6.96. The Morgan fingerprint density at radius 1 is 1.18 bits per heavy atom. The quantitative estimate of drug-likeness (QED) is 0.694. The molecule has 0 N–H and O–H groups in total. The van der Waals surface area contributed by atoms with Gasteiger partial charge in [-0.25, -0.2) is 4.79 Å². The number of fused-ring (bicyclic) bond motifs is 1. The monoisotopic (exact) mass is 453 g/mol. The third-order valence-corrected chi connectivity index (χ3v) is 6.32. The maximum atomic E-state index is 12.5. The van der Waals surface area contributed by atoms with Gasteiger partial charge < -0.3 is 24.0 Å². The Hall–Kier alpha value is -3.13. The standard InChI is InChI=1S/C25H31N3O5/c1-23(2,3)33-22(30)26-21-27(4)20-25(28(21)5,15-17-7-9-19(31-6)10-8-17)16-24(32-20)13-11-18(29)12-14-24/h7-14,20H,15-16H2,1-6H3/b26-21+/t20?,25-/m1/s1. The molecule has 176 valence electrons. The second-order valence-corrected chi connectivity index (χ2v) is 9.86. The Balaban J connectivity index is 1.71. The van der Waals surface area contributed by atoms with Gasteiger partial charge in [-0.15, -0.1) is 4.99 Å². The van der Waals surface area contributed by atoms with Crippen molar-refractivity contribution in [2.75, 3.05) is 21.2 Å². The first-order valence-electron chi connectivity index (χ1n) is 11.0. The van der Waals surface area contributed by atoms with Gasteiger partial charge in [0.05, 0.1) is 12.6 Å². The number of carbonyl (C=O) groups is 2. The second kappa shape index (κ2) is 8.02. The summed E-state index contributed by atoms with van der Waals surface area (Å²) < 4.78 is 17.3. The first-order chi connectivity index (χ1) is 15.5. The Bertz CT molecular complexity index is 1020. The highest BCUT2D eigenvalue weighted by Gasteiger charge is 2.63. The van der Waals surface area contributed by atoms with Gasteiger partial charge in [0.1, 0.15) is 17.0 Å². The third-order valence-electron chi connectivity index (χ3n) is 6.32. The molecule has 2 heterocycles. The molecular formula is C25H31N3O5. The number of amides is 1. The minimum atomic E-state index is -0.703. The lowest BCUT2D eigenvalue weighted by molar-refractivity contribution is -0.111. The third kappa shape index (κ3) is 4.27. The number of aliphatic imine (C=N–C) groups is 1. The normalized spacial score (nSPS) is 26.9. The molecule has 1 aromatic rings. The van der Waals surface area contributed by atoms with Crippen molar-refractivity contribution in [3.8, 4) is 5.75 Å². The van der Waals surface area contributed by atoms with E-state index in [0.717, 1.165) is 11.3 Å². The molecule has 1 aliphatic carbocycles. The molecular weight excluding hydrogens is 422 g/mol. The van der Waals surface area contributed by atoms with Crippen LogP contribution in [-0.4, -0.2) is 71.8 Å². The molecule has 2 atom stereocenters. The molecule has 1 unspecified atom stereocenters. The molecule has 0 aromatic heterocycles. The van der Waals surface area contributed by atoms with Crippen LogP contribution in [0.1, 0.15) is 32.8 Å². The highest BCUT2D eigenvalue weighted by atomic mass is 16.6. The van der Waals surface area contributed by atoms with Gasteiger partial charge in [-0.2, -0.15) is 0 Å². The molecule has 2 aliphatic heterocycles. The number of methoxy groups -OCH3 is 1. The fraction of sp³-hybridized carbons (Fsp3) is 0.480. The summed E-state index contributed by atoms with van der Waals surface area (Å²) in [7, 11) is 5.42. The first-order valence-corrected chi connectivity index (χ1v) is 11.0. The maximum Gasteiger partial charge on any atom is 0.437 e. The van der Waals surface area contributed by atoms with Crippen molar-refractivity contribution >= 4 is 17.8 Å². The maximum absolute atomic E-state index is 12.5. The van der Waals surface area contributed by atoms with Crippen LogP contribution in [0.25, 0.3) is 0 Å². The number of guanidine groups is 1. The van der Waals surface area contributed by atoms with Crippen LogP contribution in [0.15, 0.2) is 53.6 Å². The van der Waals surface area contributed by atoms with E-state index >= 15 is 0 Å². The Labute approximate surface area is 194 Å².